The standard InChI is InChI=1S/C16H22N2OS/c17-10-16(6-1-7-16)15(19)18-8-4-13-12(5-9-20-13)14(18)11-2-3-11/h5,9,11,14H,1-4,6-8,10,17H2. The van der Waals surface area contributed by atoms with Crippen molar-refractivity contribution in [1.82, 2.24) is 4.90 Å². The van der Waals surface area contributed by atoms with Crippen molar-refractivity contribution in [2.75, 3.05) is 13.1 Å². The van der Waals surface area contributed by atoms with Crippen LogP contribution in [0.1, 0.15) is 48.6 Å². The molecule has 2 fully saturated rings. The Balaban J connectivity index is 1.66. The molecule has 1 aromatic rings. The molecule has 2 N–H and O–H groups in total. The lowest BCUT2D eigenvalue weighted by Gasteiger charge is -2.46. The minimum absolute atomic E-state index is 0.222. The molecule has 0 saturated heterocycles. The number of amides is 1. The van der Waals surface area contributed by atoms with Gasteiger partial charge in [-0.2, -0.15) is 0 Å². The van der Waals surface area contributed by atoms with E-state index in [9.17, 15) is 4.79 Å². The van der Waals surface area contributed by atoms with E-state index in [1.807, 2.05) is 11.3 Å². The summed E-state index contributed by atoms with van der Waals surface area (Å²) in [5.41, 5.74) is 7.16. The van der Waals surface area contributed by atoms with E-state index in [4.69, 9.17) is 5.73 Å². The SMILES string of the molecule is NCC1(C(=O)N2CCc3sccc3C2C2CC2)CCC1. The molecule has 1 atom stereocenters. The molecule has 2 saturated carbocycles. The summed E-state index contributed by atoms with van der Waals surface area (Å²) in [5.74, 6) is 1.04. The Kier molecular flexibility index (Phi) is 2.93. The number of nitrogens with two attached hydrogens (primary N) is 1. The smallest absolute Gasteiger partial charge is 0.230 e. The Labute approximate surface area is 124 Å². The largest absolute Gasteiger partial charge is 0.334 e. The molecule has 108 valence electrons. The summed E-state index contributed by atoms with van der Waals surface area (Å²) < 4.78 is 0. The molecule has 0 aromatic carbocycles. The number of fused-ring (bicyclic) bond motifs is 1. The lowest BCUT2D eigenvalue weighted by atomic mass is 9.67. The van der Waals surface area contributed by atoms with Crippen LogP contribution >= 0.6 is 11.3 Å². The number of thiophene rings is 1. The summed E-state index contributed by atoms with van der Waals surface area (Å²) >= 11 is 1.86. The third kappa shape index (κ3) is 1.77. The van der Waals surface area contributed by atoms with E-state index in [2.05, 4.69) is 16.3 Å². The van der Waals surface area contributed by atoms with Crippen LogP contribution in [-0.2, 0) is 11.2 Å². The number of hydrogen-bond donors (Lipinski definition) is 1. The van der Waals surface area contributed by atoms with Crippen LogP contribution in [0.25, 0.3) is 0 Å². The third-order valence-electron chi connectivity index (χ3n) is 5.50. The van der Waals surface area contributed by atoms with E-state index in [-0.39, 0.29) is 5.41 Å². The van der Waals surface area contributed by atoms with Crippen molar-refractivity contribution in [2.45, 2.75) is 44.6 Å². The van der Waals surface area contributed by atoms with E-state index in [1.54, 1.807) is 0 Å². The second-order valence-corrected chi connectivity index (χ2v) is 7.67. The highest BCUT2D eigenvalue weighted by Gasteiger charge is 2.50. The Hall–Kier alpha value is -0.870. The second-order valence-electron chi connectivity index (χ2n) is 6.67. The number of carbonyl (C=O) groups is 1. The molecule has 1 aliphatic heterocycles. The van der Waals surface area contributed by atoms with E-state index in [0.717, 1.165) is 32.2 Å². The monoisotopic (exact) mass is 290 g/mol. The van der Waals surface area contributed by atoms with E-state index < -0.39 is 0 Å². The molecule has 2 heterocycles. The molecular formula is C16H22N2OS. The first kappa shape index (κ1) is 12.8. The van der Waals surface area contributed by atoms with Crippen molar-refractivity contribution >= 4 is 17.2 Å². The highest BCUT2D eigenvalue weighted by atomic mass is 32.1. The van der Waals surface area contributed by atoms with Crippen LogP contribution in [0.5, 0.6) is 0 Å². The van der Waals surface area contributed by atoms with Crippen LogP contribution in [0.15, 0.2) is 11.4 Å². The molecular weight excluding hydrogens is 268 g/mol. The molecule has 4 rings (SSSR count). The fourth-order valence-corrected chi connectivity index (χ4v) is 4.82. The molecule has 3 nitrogen and oxygen atoms in total. The average Bonchev–Trinajstić information content (AvgIpc) is 3.13. The number of hydrogen-bond acceptors (Lipinski definition) is 3. The van der Waals surface area contributed by atoms with Crippen LogP contribution in [-0.4, -0.2) is 23.9 Å². The van der Waals surface area contributed by atoms with Gasteiger partial charge in [0.2, 0.25) is 5.91 Å². The molecule has 1 unspecified atom stereocenters. The van der Waals surface area contributed by atoms with Crippen LogP contribution in [0.2, 0.25) is 0 Å². The third-order valence-corrected chi connectivity index (χ3v) is 6.50. The van der Waals surface area contributed by atoms with Crippen molar-refractivity contribution in [2.24, 2.45) is 17.1 Å². The number of rotatable bonds is 3. The first-order chi connectivity index (χ1) is 9.75. The molecule has 0 spiro atoms. The van der Waals surface area contributed by atoms with Gasteiger partial charge >= 0.3 is 0 Å². The summed E-state index contributed by atoms with van der Waals surface area (Å²) in [7, 11) is 0. The molecule has 4 heteroatoms. The molecule has 0 radical (unpaired) electrons. The Morgan fingerprint density at radius 1 is 1.45 bits per heavy atom. The van der Waals surface area contributed by atoms with Gasteiger partial charge in [-0.15, -0.1) is 11.3 Å². The predicted molar refractivity (Wildman–Crippen MR) is 80.5 cm³/mol. The zero-order valence-electron chi connectivity index (χ0n) is 11.8. The van der Waals surface area contributed by atoms with Crippen LogP contribution in [0.4, 0.5) is 0 Å². The van der Waals surface area contributed by atoms with Crippen molar-refractivity contribution in [3.63, 3.8) is 0 Å². The lowest BCUT2D eigenvalue weighted by Crippen LogP contribution is -2.54. The van der Waals surface area contributed by atoms with Crippen LogP contribution < -0.4 is 5.73 Å². The van der Waals surface area contributed by atoms with Gasteiger partial charge in [0.05, 0.1) is 11.5 Å². The Morgan fingerprint density at radius 3 is 2.85 bits per heavy atom. The minimum Gasteiger partial charge on any atom is -0.334 e. The van der Waals surface area contributed by atoms with Gasteiger partial charge < -0.3 is 10.6 Å². The maximum absolute atomic E-state index is 13.1. The number of nitrogens with zero attached hydrogens (tertiary/aromatic N) is 1. The summed E-state index contributed by atoms with van der Waals surface area (Å²) in [6, 6.07) is 2.60. The fraction of sp³-hybridized carbons (Fsp3) is 0.688. The first-order valence-corrected chi connectivity index (χ1v) is 8.70. The van der Waals surface area contributed by atoms with Gasteiger partial charge in [-0.05, 0) is 55.0 Å². The van der Waals surface area contributed by atoms with Gasteiger partial charge in [0, 0.05) is 18.0 Å². The van der Waals surface area contributed by atoms with Crippen molar-refractivity contribution in [3.05, 3.63) is 21.9 Å². The Morgan fingerprint density at radius 2 is 2.25 bits per heavy atom. The lowest BCUT2D eigenvalue weighted by molar-refractivity contribution is -0.150. The van der Waals surface area contributed by atoms with Gasteiger partial charge in [0.1, 0.15) is 0 Å². The van der Waals surface area contributed by atoms with Crippen molar-refractivity contribution in [1.29, 1.82) is 0 Å². The van der Waals surface area contributed by atoms with Crippen molar-refractivity contribution < 1.29 is 4.79 Å². The molecule has 1 aromatic heterocycles. The van der Waals surface area contributed by atoms with Gasteiger partial charge in [-0.3, -0.25) is 4.79 Å². The maximum Gasteiger partial charge on any atom is 0.230 e. The zero-order chi connectivity index (χ0) is 13.7. The second kappa shape index (κ2) is 4.57. The van der Waals surface area contributed by atoms with Crippen molar-refractivity contribution in [3.8, 4) is 0 Å². The van der Waals surface area contributed by atoms with E-state index >= 15 is 0 Å². The summed E-state index contributed by atoms with van der Waals surface area (Å²) in [6.07, 6.45) is 6.73. The van der Waals surface area contributed by atoms with Gasteiger partial charge in [-0.25, -0.2) is 0 Å². The summed E-state index contributed by atoms with van der Waals surface area (Å²) in [4.78, 5) is 16.8. The van der Waals surface area contributed by atoms with E-state index in [1.165, 1.54) is 23.3 Å². The van der Waals surface area contributed by atoms with Crippen LogP contribution in [0, 0.1) is 11.3 Å². The van der Waals surface area contributed by atoms with Gasteiger partial charge in [0.25, 0.3) is 0 Å². The summed E-state index contributed by atoms with van der Waals surface area (Å²) in [6.45, 7) is 1.42. The highest BCUT2D eigenvalue weighted by Crippen LogP contribution is 2.51. The average molecular weight is 290 g/mol. The zero-order valence-corrected chi connectivity index (χ0v) is 12.6. The quantitative estimate of drug-likeness (QED) is 0.930. The molecule has 0 bridgehead atoms. The molecule has 20 heavy (non-hydrogen) atoms. The Bertz CT molecular complexity index is 525. The van der Waals surface area contributed by atoms with Gasteiger partial charge in [-0.1, -0.05) is 6.42 Å². The molecule has 3 aliphatic rings. The van der Waals surface area contributed by atoms with E-state index in [0.29, 0.717) is 24.4 Å². The molecule has 2 aliphatic carbocycles. The number of carbonyl (C=O) groups excluding carboxylic acids is 1. The fourth-order valence-electron chi connectivity index (χ4n) is 3.91. The van der Waals surface area contributed by atoms with Crippen LogP contribution in [0.3, 0.4) is 0 Å². The minimum atomic E-state index is -0.222. The predicted octanol–water partition coefficient (Wildman–Crippen LogP) is 2.71. The highest BCUT2D eigenvalue weighted by molar-refractivity contribution is 7.10. The molecule has 1 amide bonds. The topological polar surface area (TPSA) is 46.3 Å². The normalized spacial score (nSPS) is 27.9. The summed E-state index contributed by atoms with van der Waals surface area (Å²) in [5, 5.41) is 2.19. The van der Waals surface area contributed by atoms with Gasteiger partial charge in [0.15, 0.2) is 0 Å². The maximum atomic E-state index is 13.1. The first-order valence-electron chi connectivity index (χ1n) is 7.82.